The van der Waals surface area contributed by atoms with Crippen LogP contribution >= 0.6 is 0 Å². The molecule has 0 amide bonds. The lowest BCUT2D eigenvalue weighted by Gasteiger charge is -2.12. The predicted molar refractivity (Wildman–Crippen MR) is 57.9 cm³/mol. The van der Waals surface area contributed by atoms with Crippen molar-refractivity contribution in [2.75, 3.05) is 7.11 Å². The van der Waals surface area contributed by atoms with Gasteiger partial charge in [0.05, 0.1) is 12.7 Å². The third-order valence-corrected chi connectivity index (χ3v) is 2.00. The minimum absolute atomic E-state index is 0.0110. The van der Waals surface area contributed by atoms with Crippen molar-refractivity contribution in [3.63, 3.8) is 0 Å². The van der Waals surface area contributed by atoms with E-state index in [9.17, 15) is 9.90 Å². The zero-order valence-corrected chi connectivity index (χ0v) is 8.43. The van der Waals surface area contributed by atoms with E-state index in [4.69, 9.17) is 7.85 Å². The highest BCUT2D eigenvalue weighted by Gasteiger charge is 2.18. The van der Waals surface area contributed by atoms with Gasteiger partial charge in [0.1, 0.15) is 14.0 Å². The van der Waals surface area contributed by atoms with Gasteiger partial charge in [-0.25, -0.2) is 4.79 Å². The maximum Gasteiger partial charge on any atom is 0.336 e. The second-order valence-corrected chi connectivity index (χ2v) is 3.09. The molecule has 0 saturated carbocycles. The molecule has 1 N–H and O–H groups in total. The molecule has 2 radical (unpaired) electrons. The van der Waals surface area contributed by atoms with Crippen molar-refractivity contribution in [1.29, 1.82) is 0 Å². The molecule has 0 spiro atoms. The van der Waals surface area contributed by atoms with Crippen LogP contribution in [-0.2, 0) is 9.53 Å². The van der Waals surface area contributed by atoms with Crippen LogP contribution in [0.5, 0.6) is 0 Å². The van der Waals surface area contributed by atoms with Gasteiger partial charge in [-0.1, -0.05) is 36.3 Å². The molecule has 3 nitrogen and oxygen atoms in total. The maximum atomic E-state index is 11.1. The SMILES string of the molecule is [B]c1cccc(C(O)C(=C)C(=O)OC)c1. The van der Waals surface area contributed by atoms with E-state index in [1.165, 1.54) is 7.11 Å². The van der Waals surface area contributed by atoms with Gasteiger partial charge in [-0.15, -0.1) is 0 Å². The fourth-order valence-electron chi connectivity index (χ4n) is 1.17. The normalized spacial score (nSPS) is 11.9. The monoisotopic (exact) mass is 202 g/mol. The average Bonchev–Trinajstić information content (AvgIpc) is 2.26. The molecule has 0 saturated heterocycles. The van der Waals surface area contributed by atoms with Crippen molar-refractivity contribution < 1.29 is 14.6 Å². The van der Waals surface area contributed by atoms with Crippen LogP contribution < -0.4 is 5.46 Å². The lowest BCUT2D eigenvalue weighted by atomic mass is 9.92. The number of hydrogen-bond donors (Lipinski definition) is 1. The number of carbonyl (C=O) groups is 1. The smallest absolute Gasteiger partial charge is 0.336 e. The van der Waals surface area contributed by atoms with Gasteiger partial charge in [-0.2, -0.15) is 0 Å². The molecule has 0 aromatic heterocycles. The first-order valence-electron chi connectivity index (χ1n) is 4.37. The molecule has 15 heavy (non-hydrogen) atoms. The molecule has 0 aliphatic carbocycles. The maximum absolute atomic E-state index is 11.1. The first-order chi connectivity index (χ1) is 7.06. The summed E-state index contributed by atoms with van der Waals surface area (Å²) in [5.74, 6) is -0.634. The quantitative estimate of drug-likeness (QED) is 0.434. The number of methoxy groups -OCH3 is 1. The van der Waals surface area contributed by atoms with Gasteiger partial charge in [0.2, 0.25) is 0 Å². The molecule has 1 aromatic carbocycles. The first kappa shape index (κ1) is 11.5. The predicted octanol–water partition coefficient (Wildman–Crippen LogP) is 0.243. The highest BCUT2D eigenvalue weighted by Crippen LogP contribution is 2.19. The lowest BCUT2D eigenvalue weighted by Crippen LogP contribution is -2.13. The summed E-state index contributed by atoms with van der Waals surface area (Å²) >= 11 is 0. The highest BCUT2D eigenvalue weighted by atomic mass is 16.5. The van der Waals surface area contributed by atoms with Crippen molar-refractivity contribution in [2.45, 2.75) is 6.10 Å². The number of hydrogen-bond acceptors (Lipinski definition) is 3. The van der Waals surface area contributed by atoms with Gasteiger partial charge in [0.25, 0.3) is 0 Å². The van der Waals surface area contributed by atoms with E-state index in [0.717, 1.165) is 0 Å². The zero-order chi connectivity index (χ0) is 11.4. The Morgan fingerprint density at radius 1 is 1.60 bits per heavy atom. The number of rotatable bonds is 3. The van der Waals surface area contributed by atoms with E-state index in [1.807, 2.05) is 0 Å². The van der Waals surface area contributed by atoms with Crippen molar-refractivity contribution in [3.05, 3.63) is 42.0 Å². The zero-order valence-electron chi connectivity index (χ0n) is 8.43. The van der Waals surface area contributed by atoms with Crippen LogP contribution in [0.1, 0.15) is 11.7 Å². The van der Waals surface area contributed by atoms with E-state index >= 15 is 0 Å². The largest absolute Gasteiger partial charge is 0.466 e. The average molecular weight is 202 g/mol. The molecule has 4 heteroatoms. The van der Waals surface area contributed by atoms with Gasteiger partial charge in [-0.3, -0.25) is 0 Å². The van der Waals surface area contributed by atoms with Crippen molar-refractivity contribution in [2.24, 2.45) is 0 Å². The Labute approximate surface area is 89.8 Å². The number of aliphatic hydroxyl groups excluding tert-OH is 1. The van der Waals surface area contributed by atoms with Crippen molar-refractivity contribution >= 4 is 19.3 Å². The fraction of sp³-hybridized carbons (Fsp3) is 0.182. The number of esters is 1. The molecule has 76 valence electrons. The Morgan fingerprint density at radius 3 is 2.80 bits per heavy atom. The first-order valence-corrected chi connectivity index (χ1v) is 4.37. The van der Waals surface area contributed by atoms with E-state index < -0.39 is 12.1 Å². The molecule has 1 unspecified atom stereocenters. The summed E-state index contributed by atoms with van der Waals surface area (Å²) in [7, 11) is 6.78. The molecule has 1 rings (SSSR count). The molecule has 0 heterocycles. The third kappa shape index (κ3) is 2.70. The van der Waals surface area contributed by atoms with Crippen molar-refractivity contribution in [3.8, 4) is 0 Å². The van der Waals surface area contributed by atoms with E-state index in [-0.39, 0.29) is 5.57 Å². The standard InChI is InChI=1S/C11H11BO3/c1-7(11(14)15-2)10(13)8-4-3-5-9(12)6-8/h3-6,10,13H,1H2,2H3. The number of ether oxygens (including phenoxy) is 1. The van der Waals surface area contributed by atoms with Gasteiger partial charge in [0.15, 0.2) is 0 Å². The summed E-state index contributed by atoms with van der Waals surface area (Å²) in [5, 5.41) is 9.76. The van der Waals surface area contributed by atoms with Crippen LogP contribution in [0.15, 0.2) is 36.4 Å². The Morgan fingerprint density at radius 2 is 2.27 bits per heavy atom. The van der Waals surface area contributed by atoms with E-state index in [1.54, 1.807) is 24.3 Å². The lowest BCUT2D eigenvalue weighted by molar-refractivity contribution is -0.137. The molecule has 1 atom stereocenters. The summed E-state index contributed by atoms with van der Waals surface area (Å²) in [6, 6.07) is 6.63. The Bertz CT molecular complexity index is 387. The summed E-state index contributed by atoms with van der Waals surface area (Å²) in [4.78, 5) is 11.1. The van der Waals surface area contributed by atoms with Crippen molar-refractivity contribution in [1.82, 2.24) is 0 Å². The number of benzene rings is 1. The van der Waals surface area contributed by atoms with Gasteiger partial charge < -0.3 is 9.84 Å². The van der Waals surface area contributed by atoms with Crippen LogP contribution in [0.25, 0.3) is 0 Å². The Kier molecular flexibility index (Phi) is 3.69. The van der Waals surface area contributed by atoms with Crippen LogP contribution in [0.2, 0.25) is 0 Å². The topological polar surface area (TPSA) is 46.5 Å². The summed E-state index contributed by atoms with van der Waals surface area (Å²) < 4.78 is 4.46. The third-order valence-electron chi connectivity index (χ3n) is 2.00. The summed E-state index contributed by atoms with van der Waals surface area (Å²) in [6.07, 6.45) is -1.08. The number of carbonyl (C=O) groups excluding carboxylic acids is 1. The highest BCUT2D eigenvalue weighted by molar-refractivity contribution is 6.32. The van der Waals surface area contributed by atoms with Crippen LogP contribution in [-0.4, -0.2) is 26.0 Å². The molecular weight excluding hydrogens is 191 g/mol. The molecule has 0 fully saturated rings. The fourth-order valence-corrected chi connectivity index (χ4v) is 1.17. The van der Waals surface area contributed by atoms with Crippen LogP contribution in [0.3, 0.4) is 0 Å². The van der Waals surface area contributed by atoms with Crippen LogP contribution in [0, 0.1) is 0 Å². The van der Waals surface area contributed by atoms with Crippen LogP contribution in [0.4, 0.5) is 0 Å². The summed E-state index contributed by atoms with van der Waals surface area (Å²) in [5.41, 5.74) is 1.03. The van der Waals surface area contributed by atoms with Gasteiger partial charge in [-0.05, 0) is 5.56 Å². The minimum Gasteiger partial charge on any atom is -0.466 e. The van der Waals surface area contributed by atoms with Gasteiger partial charge >= 0.3 is 5.97 Å². The van der Waals surface area contributed by atoms with Gasteiger partial charge in [0, 0.05) is 0 Å². The molecular formula is C11H11BO3. The minimum atomic E-state index is -1.08. The van der Waals surface area contributed by atoms with E-state index in [2.05, 4.69) is 11.3 Å². The molecule has 0 aliphatic rings. The Hall–Kier alpha value is -1.55. The molecule has 1 aromatic rings. The molecule has 0 aliphatic heterocycles. The second-order valence-electron chi connectivity index (χ2n) is 3.09. The molecule has 0 bridgehead atoms. The number of aliphatic hydroxyl groups is 1. The Balaban J connectivity index is 2.89. The second kappa shape index (κ2) is 4.80. The van der Waals surface area contributed by atoms with E-state index in [0.29, 0.717) is 11.0 Å². The summed E-state index contributed by atoms with van der Waals surface area (Å²) in [6.45, 7) is 3.47.